The highest BCUT2D eigenvalue weighted by Gasteiger charge is 2.61. The molecule has 6 rings (SSSR count). The Morgan fingerprint density at radius 2 is 1.63 bits per heavy atom. The van der Waals surface area contributed by atoms with Gasteiger partial charge in [-0.25, -0.2) is 0 Å². The van der Waals surface area contributed by atoms with Gasteiger partial charge in [-0.3, -0.25) is 24.3 Å². The molecular weight excluding hydrogens is 1080 g/mol. The molecule has 19 heteroatoms. The number of alkyl halides is 1. The van der Waals surface area contributed by atoms with E-state index in [1.165, 1.54) is 11.8 Å². The summed E-state index contributed by atoms with van der Waals surface area (Å²) in [5.41, 5.74) is -1.11. The summed E-state index contributed by atoms with van der Waals surface area (Å²) in [5, 5.41) is 12.1. The molecule has 70 heavy (non-hydrogen) atoms. The Labute approximate surface area is 442 Å². The molecule has 0 bridgehead atoms. The maximum Gasteiger partial charge on any atom is 0.320 e. The molecule has 1 aromatic carbocycles. The molecule has 0 unspecified atom stereocenters. The Morgan fingerprint density at radius 1 is 0.957 bits per heavy atom. The quantitative estimate of drug-likeness (QED) is 0.102. The average molecular weight is 1150 g/mol. The van der Waals surface area contributed by atoms with E-state index in [0.29, 0.717) is 52.4 Å². The molecule has 1 aliphatic carbocycles. The van der Waals surface area contributed by atoms with Crippen molar-refractivity contribution in [3.8, 4) is 11.5 Å². The van der Waals surface area contributed by atoms with Crippen molar-refractivity contribution in [1.29, 1.82) is 0 Å². The van der Waals surface area contributed by atoms with Crippen molar-refractivity contribution < 1.29 is 57.4 Å². The summed E-state index contributed by atoms with van der Waals surface area (Å²) in [6, 6.07) is 5.47. The van der Waals surface area contributed by atoms with E-state index in [4.69, 9.17) is 61.1 Å². The third-order valence-electron chi connectivity index (χ3n) is 15.2. The molecule has 1 aromatic heterocycles. The lowest BCUT2D eigenvalue weighted by Gasteiger charge is -2.49. The first-order chi connectivity index (χ1) is 33.1. The number of carbonyl (C=O) groups excluding carboxylic acids is 3. The minimum atomic E-state index is -1.43. The minimum absolute atomic E-state index is 0.0862. The van der Waals surface area contributed by atoms with Gasteiger partial charge < -0.3 is 47.9 Å². The van der Waals surface area contributed by atoms with Gasteiger partial charge in [0.2, 0.25) is 0 Å². The highest BCUT2D eigenvalue weighted by molar-refractivity contribution is 14.1. The molecule has 3 aliphatic heterocycles. The number of pyridine rings is 1. The van der Waals surface area contributed by atoms with Crippen LogP contribution in [-0.4, -0.2) is 144 Å². The second-order valence-corrected chi connectivity index (χ2v) is 23.5. The Hall–Kier alpha value is -2.20. The van der Waals surface area contributed by atoms with Crippen molar-refractivity contribution >= 4 is 81.0 Å². The number of ether oxygens (including phenoxy) is 8. The number of cyclic esters (lactones) is 1. The molecule has 0 spiro atoms. The molecule has 1 saturated carbocycles. The molecule has 0 radical (unpaired) electrons. The van der Waals surface area contributed by atoms with Gasteiger partial charge in [0, 0.05) is 92.9 Å². The molecule has 1 N–H and O–H groups in total. The SMILES string of the molecule is COc1ccc(N(CCS[C@@H]2C(=O)O[C@@]3(C)[C@H]2[C@@H](C)C(=O)[C@H](C)C[C@@](C)(OC)[C@H](O[C@@H]2O[C@H](C)C[C@@H](OC)[C@H]2N(C)C)[C@@H](C)[C@H](O)[C@@H](C)C(=O)O[C@@H]3I)Cc2c(Cl)cncc2Cl)cc1OC1CCCC1. The molecule has 4 heterocycles. The van der Waals surface area contributed by atoms with Crippen LogP contribution in [0.15, 0.2) is 30.6 Å². The number of Topliss-reactive ketones (excluding diaryl/α,β-unsaturated/α-hetero) is 1. The van der Waals surface area contributed by atoms with E-state index < -0.39 is 80.6 Å². The van der Waals surface area contributed by atoms with Gasteiger partial charge in [-0.1, -0.05) is 44.0 Å². The zero-order chi connectivity index (χ0) is 51.4. The lowest BCUT2D eigenvalue weighted by atomic mass is 9.72. The fraction of sp³-hybridized carbons (Fsp3) is 0.725. The second-order valence-electron chi connectivity index (χ2n) is 20.3. The number of nitrogens with zero attached hydrogens (tertiary/aromatic N) is 3. The number of rotatable bonds is 15. The van der Waals surface area contributed by atoms with Crippen molar-refractivity contribution in [1.82, 2.24) is 9.88 Å². The largest absolute Gasteiger partial charge is 0.493 e. The zero-order valence-corrected chi connectivity index (χ0v) is 47.1. The molecule has 15 nitrogen and oxygen atoms in total. The first-order valence-electron chi connectivity index (χ1n) is 24.4. The van der Waals surface area contributed by atoms with Crippen LogP contribution in [-0.2, 0) is 49.3 Å². The van der Waals surface area contributed by atoms with E-state index in [9.17, 15) is 14.7 Å². The third kappa shape index (κ3) is 12.5. The molecule has 3 saturated heterocycles. The number of ketones is 1. The Balaban J connectivity index is 1.32. The summed E-state index contributed by atoms with van der Waals surface area (Å²) < 4.78 is 49.4. The number of aromatic nitrogens is 1. The first-order valence-corrected chi connectivity index (χ1v) is 27.5. The number of hydrogen-bond acceptors (Lipinski definition) is 16. The molecule has 4 aliphatic rings. The summed E-state index contributed by atoms with van der Waals surface area (Å²) in [5.74, 6) is -3.57. The molecule has 0 amide bonds. The van der Waals surface area contributed by atoms with Gasteiger partial charge in [0.25, 0.3) is 0 Å². The van der Waals surface area contributed by atoms with Crippen LogP contribution in [0.4, 0.5) is 5.69 Å². The number of fused-ring (bicyclic) bond motifs is 1. The van der Waals surface area contributed by atoms with E-state index in [1.807, 2.05) is 87.5 Å². The number of hydrogen-bond donors (Lipinski definition) is 1. The molecule has 392 valence electrons. The highest BCUT2D eigenvalue weighted by Crippen LogP contribution is 2.50. The van der Waals surface area contributed by atoms with Crippen LogP contribution in [0.1, 0.15) is 92.6 Å². The summed E-state index contributed by atoms with van der Waals surface area (Å²) >= 11 is 16.8. The van der Waals surface area contributed by atoms with Crippen LogP contribution in [0.5, 0.6) is 11.5 Å². The zero-order valence-electron chi connectivity index (χ0n) is 42.7. The number of benzene rings is 1. The predicted octanol–water partition coefficient (Wildman–Crippen LogP) is 8.81. The summed E-state index contributed by atoms with van der Waals surface area (Å²) in [4.78, 5) is 51.9. The lowest BCUT2D eigenvalue weighted by molar-refractivity contribution is -0.296. The summed E-state index contributed by atoms with van der Waals surface area (Å²) in [6.07, 6.45) is 4.77. The second kappa shape index (κ2) is 24.4. The van der Waals surface area contributed by atoms with Crippen LogP contribution >= 0.6 is 57.6 Å². The van der Waals surface area contributed by atoms with E-state index in [0.717, 1.165) is 31.4 Å². The topological polar surface area (TPSA) is 165 Å². The normalized spacial score (nSPS) is 35.8. The van der Waals surface area contributed by atoms with E-state index in [1.54, 1.807) is 54.5 Å². The first kappa shape index (κ1) is 57.1. The van der Waals surface area contributed by atoms with Crippen LogP contribution in [0, 0.1) is 29.6 Å². The number of esters is 2. The van der Waals surface area contributed by atoms with E-state index in [-0.39, 0.29) is 36.6 Å². The molecule has 15 atom stereocenters. The summed E-state index contributed by atoms with van der Waals surface area (Å²) in [7, 11) is 8.70. The van der Waals surface area contributed by atoms with Crippen molar-refractivity contribution in [3.63, 3.8) is 0 Å². The van der Waals surface area contributed by atoms with E-state index >= 15 is 4.79 Å². The number of anilines is 1. The number of likely N-dealkylation sites (N-methyl/N-ethyl adjacent to an activating group) is 1. The van der Waals surface area contributed by atoms with Crippen molar-refractivity contribution in [2.45, 2.75) is 157 Å². The average Bonchev–Trinajstić information content (AvgIpc) is 3.93. The Morgan fingerprint density at radius 3 is 2.24 bits per heavy atom. The monoisotopic (exact) mass is 1150 g/mol. The van der Waals surface area contributed by atoms with Gasteiger partial charge in [0.05, 0.1) is 65.2 Å². The molecule has 2 aromatic rings. The maximum atomic E-state index is 15.1. The van der Waals surface area contributed by atoms with Gasteiger partial charge in [-0.15, -0.1) is 11.8 Å². The van der Waals surface area contributed by atoms with Crippen LogP contribution in [0.3, 0.4) is 0 Å². The maximum absolute atomic E-state index is 15.1. The van der Waals surface area contributed by atoms with Gasteiger partial charge in [0.15, 0.2) is 27.5 Å². The highest BCUT2D eigenvalue weighted by atomic mass is 127. The minimum Gasteiger partial charge on any atom is -0.493 e. The van der Waals surface area contributed by atoms with Crippen LogP contribution in [0.25, 0.3) is 0 Å². The fourth-order valence-electron chi connectivity index (χ4n) is 11.1. The van der Waals surface area contributed by atoms with Gasteiger partial charge in [-0.2, -0.15) is 0 Å². The van der Waals surface area contributed by atoms with Crippen LogP contribution in [0.2, 0.25) is 10.0 Å². The fourth-order valence-corrected chi connectivity index (χ4v) is 13.8. The predicted molar refractivity (Wildman–Crippen MR) is 279 cm³/mol. The number of aliphatic hydroxyl groups is 1. The van der Waals surface area contributed by atoms with Gasteiger partial charge in [-0.05, 0) is 109 Å². The third-order valence-corrected chi connectivity index (χ3v) is 18.6. The molecular formula is C51H74Cl2IN3O12S. The number of thioether (sulfide) groups is 1. The number of methoxy groups -OCH3 is 3. The van der Waals surface area contributed by atoms with Crippen molar-refractivity contribution in [3.05, 3.63) is 46.2 Å². The lowest BCUT2D eigenvalue weighted by Crippen LogP contribution is -2.61. The Bertz CT molecular complexity index is 2100. The number of aliphatic hydroxyl groups excluding tert-OH is 1. The summed E-state index contributed by atoms with van der Waals surface area (Å²) in [6.45, 7) is 13.4. The van der Waals surface area contributed by atoms with Gasteiger partial charge >= 0.3 is 11.9 Å². The van der Waals surface area contributed by atoms with Crippen LogP contribution < -0.4 is 14.4 Å². The van der Waals surface area contributed by atoms with Crippen molar-refractivity contribution in [2.75, 3.05) is 52.6 Å². The van der Waals surface area contributed by atoms with E-state index in [2.05, 4.69) is 9.88 Å². The smallest absolute Gasteiger partial charge is 0.320 e. The number of halogens is 3. The van der Waals surface area contributed by atoms with Crippen molar-refractivity contribution in [2.24, 2.45) is 29.6 Å². The molecule has 4 fully saturated rings. The van der Waals surface area contributed by atoms with Gasteiger partial charge in [0.1, 0.15) is 11.0 Å². The Kier molecular flexibility index (Phi) is 19.9. The standard InChI is InChI=1S/C51H74Cl2IN3O12S/c1-27-23-50(6,64-12)45(67-48-41(56(8)9)39(63-11)21-28(2)65-48)30(4)43(59)31(5)46(60)68-49(54)51(7)40(29(3)42(27)58)44(47(61)69-51)70-20-19-57(26-34-35(52)24-55-25-36(34)53)32-17-18-37(62-10)38(22-32)66-33-15-13-14-16-33/h17-18,22,24-25,27-31,33,39-41,43-45,48-49,59H,13-16,19-21,23,26H2,1-12H3/t27-,28-,29-,30+,31-,39-,40+,41-,43+,44+,45-,48+,49+,50-,51+/m1/s1. The number of carbonyl (C=O) groups is 3.